The van der Waals surface area contributed by atoms with E-state index in [0.29, 0.717) is 12.3 Å². The number of aliphatic hydroxyl groups excluding tert-OH is 1. The highest BCUT2D eigenvalue weighted by Gasteiger charge is 2.26. The first-order valence-electron chi connectivity index (χ1n) is 7.14. The van der Waals surface area contributed by atoms with Crippen LogP contribution in [0.5, 0.6) is 0 Å². The van der Waals surface area contributed by atoms with Gasteiger partial charge in [0, 0.05) is 6.04 Å². The number of nitrogens with two attached hydrogens (primary N) is 1. The summed E-state index contributed by atoms with van der Waals surface area (Å²) in [6.07, 6.45) is 3.97. The molecule has 1 saturated carbocycles. The third-order valence-corrected chi connectivity index (χ3v) is 3.64. The Morgan fingerprint density at radius 2 is 1.76 bits per heavy atom. The molecule has 0 bridgehead atoms. The second-order valence-corrected chi connectivity index (χ2v) is 5.46. The number of aliphatic hydroxyl groups is 1. The smallest absolute Gasteiger partial charge is 0.312 e. The molecule has 1 rings (SSSR count). The molecule has 2 atom stereocenters. The molecule has 0 aromatic rings. The minimum Gasteiger partial charge on any atom is -0.481 e. The van der Waals surface area contributed by atoms with Gasteiger partial charge in [-0.05, 0) is 12.3 Å². The molecule has 0 saturated heterocycles. The van der Waals surface area contributed by atoms with Crippen molar-refractivity contribution in [3.8, 4) is 0 Å². The Kier molecular flexibility index (Phi) is 7.10. The molecule has 1 aliphatic carbocycles. The van der Waals surface area contributed by atoms with E-state index in [2.05, 4.69) is 0 Å². The lowest BCUT2D eigenvalue weighted by molar-refractivity contribution is -0.142. The molecule has 1 aliphatic rings. The van der Waals surface area contributed by atoms with Gasteiger partial charge in [0.25, 0.3) is 5.91 Å². The number of carboxylic acid groups (broad SMARTS) is 1. The predicted octanol–water partition coefficient (Wildman–Crippen LogP) is -0.733. The zero-order valence-corrected chi connectivity index (χ0v) is 11.9. The molecule has 0 aromatic heterocycles. The van der Waals surface area contributed by atoms with Crippen LogP contribution >= 0.6 is 0 Å². The molecule has 8 nitrogen and oxygen atoms in total. The van der Waals surface area contributed by atoms with Gasteiger partial charge >= 0.3 is 5.97 Å². The fraction of sp³-hybridized carbons (Fsp3) is 0.769. The molecule has 6 N–H and O–H groups in total. The highest BCUT2D eigenvalue weighted by molar-refractivity contribution is 5.94. The zero-order valence-electron chi connectivity index (χ0n) is 11.9. The maximum absolute atomic E-state index is 11.6. The lowest BCUT2D eigenvalue weighted by atomic mass is 9.84. The van der Waals surface area contributed by atoms with Gasteiger partial charge in [0.05, 0.1) is 0 Å². The lowest BCUT2D eigenvalue weighted by Gasteiger charge is -2.26. The number of aliphatic carboxylic acids is 1. The van der Waals surface area contributed by atoms with Gasteiger partial charge in [0.15, 0.2) is 0 Å². The fourth-order valence-corrected chi connectivity index (χ4v) is 2.52. The molecule has 21 heavy (non-hydrogen) atoms. The van der Waals surface area contributed by atoms with Gasteiger partial charge in [-0.25, -0.2) is 0 Å². The topological polar surface area (TPSA) is 142 Å². The second-order valence-electron chi connectivity index (χ2n) is 5.46. The normalized spacial score (nSPS) is 18.6. The number of hydrazine groups is 1. The molecule has 1 fully saturated rings. The van der Waals surface area contributed by atoms with Crippen molar-refractivity contribution < 1.29 is 24.6 Å². The van der Waals surface area contributed by atoms with Crippen LogP contribution in [-0.2, 0) is 14.4 Å². The van der Waals surface area contributed by atoms with Gasteiger partial charge in [0.1, 0.15) is 12.5 Å². The number of hydrogen-bond acceptors (Lipinski definition) is 5. The highest BCUT2D eigenvalue weighted by Crippen LogP contribution is 2.27. The zero-order chi connectivity index (χ0) is 15.8. The van der Waals surface area contributed by atoms with E-state index in [-0.39, 0.29) is 0 Å². The van der Waals surface area contributed by atoms with E-state index in [1.807, 2.05) is 10.9 Å². The predicted molar refractivity (Wildman–Crippen MR) is 73.7 cm³/mol. The van der Waals surface area contributed by atoms with Gasteiger partial charge in [0.2, 0.25) is 5.91 Å². The number of carbonyl (C=O) groups excluding carboxylic acids is 2. The lowest BCUT2D eigenvalue weighted by Crippen LogP contribution is -2.52. The van der Waals surface area contributed by atoms with Gasteiger partial charge in [-0.15, -0.1) is 0 Å². The van der Waals surface area contributed by atoms with Crippen LogP contribution in [0.25, 0.3) is 0 Å². The van der Waals surface area contributed by atoms with Crippen LogP contribution in [0.15, 0.2) is 0 Å². The Bertz CT molecular complexity index is 382. The van der Waals surface area contributed by atoms with Crippen LogP contribution < -0.4 is 16.6 Å². The van der Waals surface area contributed by atoms with Crippen molar-refractivity contribution in [2.24, 2.45) is 11.7 Å². The fourth-order valence-electron chi connectivity index (χ4n) is 2.52. The summed E-state index contributed by atoms with van der Waals surface area (Å²) in [5, 5.41) is 18.2. The van der Waals surface area contributed by atoms with Crippen LogP contribution in [0.2, 0.25) is 0 Å². The third kappa shape index (κ3) is 6.54. The number of amides is 2. The summed E-state index contributed by atoms with van der Waals surface area (Å²) < 4.78 is 0. The van der Waals surface area contributed by atoms with E-state index in [9.17, 15) is 19.5 Å². The minimum atomic E-state index is -1.43. The van der Waals surface area contributed by atoms with E-state index in [4.69, 9.17) is 10.8 Å². The van der Waals surface area contributed by atoms with Gasteiger partial charge in [-0.2, -0.15) is 0 Å². The van der Waals surface area contributed by atoms with E-state index in [1.54, 1.807) is 0 Å². The van der Waals surface area contributed by atoms with Crippen molar-refractivity contribution in [2.75, 3.05) is 0 Å². The van der Waals surface area contributed by atoms with Crippen LogP contribution in [0.4, 0.5) is 0 Å². The summed E-state index contributed by atoms with van der Waals surface area (Å²) in [6, 6.07) is -0.704. The standard InChI is InChI=1S/C13H23N3O5/c14-9(6-8-4-2-1-3-5-8)12(20)13(21)16-15-10(17)7-11(18)19/h8-9,12,20H,1-7,14H2,(H,15,17)(H,16,21)(H,18,19)/t9-,12?/m1/s1. The number of hydrogen-bond donors (Lipinski definition) is 5. The van der Waals surface area contributed by atoms with Crippen LogP contribution in [0, 0.1) is 5.92 Å². The van der Waals surface area contributed by atoms with Gasteiger partial charge in [-0.1, -0.05) is 32.1 Å². The van der Waals surface area contributed by atoms with Crippen LogP contribution in [0.1, 0.15) is 44.9 Å². The molecule has 0 radical (unpaired) electrons. The van der Waals surface area contributed by atoms with E-state index in [0.717, 1.165) is 25.7 Å². The van der Waals surface area contributed by atoms with Crippen molar-refractivity contribution in [2.45, 2.75) is 57.1 Å². The monoisotopic (exact) mass is 301 g/mol. The number of carbonyl (C=O) groups is 3. The summed E-state index contributed by atoms with van der Waals surface area (Å²) in [6.45, 7) is 0. The molecule has 0 heterocycles. The molecule has 8 heteroatoms. The minimum absolute atomic E-state index is 0.415. The quantitative estimate of drug-likeness (QED) is 0.323. The van der Waals surface area contributed by atoms with Crippen molar-refractivity contribution >= 4 is 17.8 Å². The first-order valence-corrected chi connectivity index (χ1v) is 7.14. The molecule has 0 aromatic carbocycles. The SMILES string of the molecule is N[C@H](CC1CCCCC1)C(O)C(=O)NNC(=O)CC(=O)O. The summed E-state index contributed by atoms with van der Waals surface area (Å²) >= 11 is 0. The van der Waals surface area contributed by atoms with Crippen molar-refractivity contribution in [1.29, 1.82) is 0 Å². The van der Waals surface area contributed by atoms with Crippen molar-refractivity contribution in [3.05, 3.63) is 0 Å². The Hall–Kier alpha value is -1.67. The van der Waals surface area contributed by atoms with E-state index in [1.165, 1.54) is 6.42 Å². The average Bonchev–Trinajstić information content (AvgIpc) is 2.44. The number of carboxylic acids is 1. The highest BCUT2D eigenvalue weighted by atomic mass is 16.4. The maximum Gasteiger partial charge on any atom is 0.312 e. The van der Waals surface area contributed by atoms with Crippen LogP contribution in [0.3, 0.4) is 0 Å². The first kappa shape index (κ1) is 17.4. The summed E-state index contributed by atoms with van der Waals surface area (Å²) in [7, 11) is 0. The first-order chi connectivity index (χ1) is 9.90. The second kappa shape index (κ2) is 8.58. The average molecular weight is 301 g/mol. The molecular weight excluding hydrogens is 278 g/mol. The van der Waals surface area contributed by atoms with Gasteiger partial charge < -0.3 is 15.9 Å². The molecule has 1 unspecified atom stereocenters. The summed E-state index contributed by atoms with van der Waals surface area (Å²) in [4.78, 5) is 32.9. The Balaban J connectivity index is 2.31. The molecular formula is C13H23N3O5. The Labute approximate surface area is 123 Å². The van der Waals surface area contributed by atoms with Crippen LogP contribution in [-0.4, -0.2) is 40.1 Å². The van der Waals surface area contributed by atoms with E-state index < -0.39 is 36.4 Å². The Morgan fingerprint density at radius 1 is 1.14 bits per heavy atom. The number of rotatable bonds is 6. The van der Waals surface area contributed by atoms with Gasteiger partial charge in [-0.3, -0.25) is 25.2 Å². The maximum atomic E-state index is 11.6. The molecule has 0 aliphatic heterocycles. The summed E-state index contributed by atoms with van der Waals surface area (Å²) in [5.41, 5.74) is 9.71. The van der Waals surface area contributed by atoms with Crippen molar-refractivity contribution in [3.63, 3.8) is 0 Å². The largest absolute Gasteiger partial charge is 0.481 e. The molecule has 120 valence electrons. The van der Waals surface area contributed by atoms with E-state index >= 15 is 0 Å². The summed E-state index contributed by atoms with van der Waals surface area (Å²) in [5.74, 6) is -2.60. The number of nitrogens with one attached hydrogen (secondary N) is 2. The Morgan fingerprint density at radius 3 is 2.33 bits per heavy atom. The third-order valence-electron chi connectivity index (χ3n) is 3.64. The van der Waals surface area contributed by atoms with Crippen molar-refractivity contribution in [1.82, 2.24) is 10.9 Å². The molecule has 2 amide bonds. The molecule has 0 spiro atoms.